The lowest BCUT2D eigenvalue weighted by Gasteiger charge is -2.28. The Morgan fingerprint density at radius 3 is 2.49 bits per heavy atom. The number of aromatic carboxylic acids is 1. The molecule has 0 spiro atoms. The molecule has 0 radical (unpaired) electrons. The van der Waals surface area contributed by atoms with Crippen molar-refractivity contribution in [2.24, 2.45) is 11.8 Å². The van der Waals surface area contributed by atoms with Crippen molar-refractivity contribution in [3.05, 3.63) is 111 Å². The molecule has 0 amide bonds. The molecule has 0 aromatic heterocycles. The number of carboxylic acid groups (broad SMARTS) is 1. The molecule has 0 heterocycles. The summed E-state index contributed by atoms with van der Waals surface area (Å²) < 4.78 is 55.6. The Morgan fingerprint density at radius 2 is 1.79 bits per heavy atom. The van der Waals surface area contributed by atoms with E-state index in [0.717, 1.165) is 24.1 Å². The molecular weight excluding hydrogens is 532 g/mol. The summed E-state index contributed by atoms with van der Waals surface area (Å²) in [7, 11) is 0. The van der Waals surface area contributed by atoms with Crippen LogP contribution in [-0.2, 0) is 19.0 Å². The Kier molecular flexibility index (Phi) is 8.60. The summed E-state index contributed by atoms with van der Waals surface area (Å²) in [5, 5.41) is 8.79. The number of aryl methyl sites for hydroxylation is 1. The molecule has 0 saturated carbocycles. The molecule has 39 heavy (non-hydrogen) atoms. The fourth-order valence-corrected chi connectivity index (χ4v) is 5.48. The predicted molar refractivity (Wildman–Crippen MR) is 142 cm³/mol. The Hall–Kier alpha value is -3.45. The van der Waals surface area contributed by atoms with Gasteiger partial charge in [-0.15, -0.1) is 0 Å². The van der Waals surface area contributed by atoms with Gasteiger partial charge in [0.2, 0.25) is 0 Å². The van der Waals surface area contributed by atoms with Crippen molar-refractivity contribution >= 4 is 28.9 Å². The van der Waals surface area contributed by atoms with E-state index < -0.39 is 34.9 Å². The number of ketones is 1. The summed E-state index contributed by atoms with van der Waals surface area (Å²) in [5.74, 6) is -2.20. The summed E-state index contributed by atoms with van der Waals surface area (Å²) >= 11 is 6.14. The van der Waals surface area contributed by atoms with Crippen molar-refractivity contribution in [1.29, 1.82) is 0 Å². The maximum Gasteiger partial charge on any atom is 0.417 e. The van der Waals surface area contributed by atoms with E-state index in [1.54, 1.807) is 18.2 Å². The number of allylic oxidation sites excluding steroid dienone is 2. The van der Waals surface area contributed by atoms with Crippen molar-refractivity contribution < 1.29 is 32.3 Å². The molecule has 0 saturated heterocycles. The number of hydrogen-bond acceptors (Lipinski definition) is 2. The van der Waals surface area contributed by atoms with Crippen LogP contribution >= 0.6 is 11.6 Å². The third kappa shape index (κ3) is 6.41. The first-order valence-electron chi connectivity index (χ1n) is 12.7. The molecule has 0 aliphatic heterocycles. The Morgan fingerprint density at radius 1 is 1.05 bits per heavy atom. The number of carboxylic acids is 1. The second kappa shape index (κ2) is 11.7. The molecule has 2 atom stereocenters. The zero-order chi connectivity index (χ0) is 28.3. The number of benzene rings is 3. The summed E-state index contributed by atoms with van der Waals surface area (Å²) in [6, 6.07) is 14.5. The van der Waals surface area contributed by atoms with Crippen LogP contribution in [0, 0.1) is 17.7 Å². The van der Waals surface area contributed by atoms with E-state index in [9.17, 15) is 27.2 Å². The first kappa shape index (κ1) is 28.6. The average molecular weight is 559 g/mol. The topological polar surface area (TPSA) is 54.4 Å². The standard InChI is InChI=1S/C31H27ClF4O3/c1-18-12-15-24(29(37)28-25(31(34,35)36)10-5-11-26(28)32)23-9-3-2-6-21(23)16-20(18)8-4-7-19-13-14-22(30(38)39)17-27(19)33/h2-3,5-6,9-11,13-15,17-18,20H,4,7-8,12,16H2,1H3,(H,38,39). The van der Waals surface area contributed by atoms with Gasteiger partial charge in [-0.1, -0.05) is 61.0 Å². The van der Waals surface area contributed by atoms with Crippen LogP contribution in [0.2, 0.25) is 5.02 Å². The molecule has 3 aromatic rings. The molecule has 0 bridgehead atoms. The van der Waals surface area contributed by atoms with Crippen molar-refractivity contribution in [3.63, 3.8) is 0 Å². The third-order valence-electron chi connectivity index (χ3n) is 7.40. The largest absolute Gasteiger partial charge is 0.478 e. The number of carbonyl (C=O) groups is 2. The Bertz CT molecular complexity index is 1430. The van der Waals surface area contributed by atoms with E-state index in [1.807, 2.05) is 19.1 Å². The fourth-order valence-electron chi connectivity index (χ4n) is 5.22. The van der Waals surface area contributed by atoms with E-state index in [0.29, 0.717) is 36.8 Å². The van der Waals surface area contributed by atoms with E-state index in [-0.39, 0.29) is 28.0 Å². The lowest BCUT2D eigenvalue weighted by Crippen LogP contribution is -2.20. The fraction of sp³-hybridized carbons (Fsp3) is 0.290. The van der Waals surface area contributed by atoms with E-state index in [4.69, 9.17) is 16.7 Å². The van der Waals surface area contributed by atoms with Gasteiger partial charge in [0.1, 0.15) is 5.82 Å². The van der Waals surface area contributed by atoms with Gasteiger partial charge in [-0.05, 0) is 84.9 Å². The van der Waals surface area contributed by atoms with Gasteiger partial charge >= 0.3 is 12.1 Å². The van der Waals surface area contributed by atoms with Gasteiger partial charge in [0.15, 0.2) is 5.78 Å². The lowest BCUT2D eigenvalue weighted by atomic mass is 9.77. The zero-order valence-electron chi connectivity index (χ0n) is 21.2. The molecule has 8 heteroatoms. The molecule has 2 unspecified atom stereocenters. The van der Waals surface area contributed by atoms with Crippen LogP contribution in [0.4, 0.5) is 17.6 Å². The normalized spacial score (nSPS) is 17.5. The molecule has 204 valence electrons. The number of rotatable bonds is 7. The first-order valence-corrected chi connectivity index (χ1v) is 13.1. The van der Waals surface area contributed by atoms with Crippen LogP contribution in [0.5, 0.6) is 0 Å². The number of carbonyl (C=O) groups excluding carboxylic acids is 1. The SMILES string of the molecule is CC1CC=C(C(=O)c2c(Cl)cccc2C(F)(F)F)c2ccccc2CC1CCCc1ccc(C(=O)O)cc1F. The number of fused-ring (bicyclic) bond motifs is 1. The maximum absolute atomic E-state index is 14.4. The van der Waals surface area contributed by atoms with Gasteiger partial charge in [-0.2, -0.15) is 13.2 Å². The van der Waals surface area contributed by atoms with Crippen LogP contribution in [0.1, 0.15) is 69.2 Å². The summed E-state index contributed by atoms with van der Waals surface area (Å²) in [5.41, 5.74) is 0.386. The van der Waals surface area contributed by atoms with Crippen LogP contribution in [-0.4, -0.2) is 16.9 Å². The number of halogens is 5. The van der Waals surface area contributed by atoms with Gasteiger partial charge in [0, 0.05) is 5.57 Å². The zero-order valence-corrected chi connectivity index (χ0v) is 22.0. The number of hydrogen-bond donors (Lipinski definition) is 1. The van der Waals surface area contributed by atoms with Gasteiger partial charge in [0.25, 0.3) is 0 Å². The Labute approximate surface area is 229 Å². The average Bonchev–Trinajstić information content (AvgIpc) is 2.87. The maximum atomic E-state index is 14.4. The summed E-state index contributed by atoms with van der Waals surface area (Å²) in [4.78, 5) is 24.7. The lowest BCUT2D eigenvalue weighted by molar-refractivity contribution is -0.137. The van der Waals surface area contributed by atoms with Crippen LogP contribution in [0.25, 0.3) is 5.57 Å². The van der Waals surface area contributed by atoms with E-state index in [1.165, 1.54) is 24.3 Å². The Balaban J connectivity index is 1.58. The minimum absolute atomic E-state index is 0.0993. The molecule has 1 aliphatic carbocycles. The van der Waals surface area contributed by atoms with Gasteiger partial charge in [-0.25, -0.2) is 9.18 Å². The molecule has 0 fully saturated rings. The number of Topliss-reactive ketones (excluding diaryl/α,β-unsaturated/α-hetero) is 1. The smallest absolute Gasteiger partial charge is 0.417 e. The molecule has 1 N–H and O–H groups in total. The highest BCUT2D eigenvalue weighted by atomic mass is 35.5. The van der Waals surface area contributed by atoms with Crippen LogP contribution in [0.15, 0.2) is 66.7 Å². The second-order valence-electron chi connectivity index (χ2n) is 9.94. The van der Waals surface area contributed by atoms with Crippen molar-refractivity contribution in [2.45, 2.75) is 45.2 Å². The number of alkyl halides is 3. The molecule has 1 aliphatic rings. The minimum Gasteiger partial charge on any atom is -0.478 e. The van der Waals surface area contributed by atoms with Gasteiger partial charge in [0.05, 0.1) is 21.7 Å². The molecular formula is C31H27ClF4O3. The monoisotopic (exact) mass is 558 g/mol. The van der Waals surface area contributed by atoms with Crippen molar-refractivity contribution in [1.82, 2.24) is 0 Å². The second-order valence-corrected chi connectivity index (χ2v) is 10.4. The predicted octanol–water partition coefficient (Wildman–Crippen LogP) is 8.68. The van der Waals surface area contributed by atoms with Gasteiger partial charge in [-0.3, -0.25) is 4.79 Å². The van der Waals surface area contributed by atoms with Gasteiger partial charge < -0.3 is 5.11 Å². The third-order valence-corrected chi connectivity index (χ3v) is 7.71. The molecule has 3 nitrogen and oxygen atoms in total. The highest BCUT2D eigenvalue weighted by Crippen LogP contribution is 2.40. The summed E-state index contributed by atoms with van der Waals surface area (Å²) in [6.07, 6.45) is -0.0529. The van der Waals surface area contributed by atoms with Crippen molar-refractivity contribution in [3.8, 4) is 0 Å². The molecule has 4 rings (SSSR count). The minimum atomic E-state index is -4.73. The molecule has 3 aromatic carbocycles. The first-order chi connectivity index (χ1) is 18.5. The quantitative estimate of drug-likeness (QED) is 0.233. The van der Waals surface area contributed by atoms with E-state index >= 15 is 0 Å². The van der Waals surface area contributed by atoms with Crippen molar-refractivity contribution in [2.75, 3.05) is 0 Å². The van der Waals surface area contributed by atoms with Crippen LogP contribution in [0.3, 0.4) is 0 Å². The highest BCUT2D eigenvalue weighted by Gasteiger charge is 2.37. The van der Waals surface area contributed by atoms with E-state index in [2.05, 4.69) is 0 Å². The highest BCUT2D eigenvalue weighted by molar-refractivity contribution is 6.39. The summed E-state index contributed by atoms with van der Waals surface area (Å²) in [6.45, 7) is 2.04. The van der Waals surface area contributed by atoms with Crippen LogP contribution < -0.4 is 0 Å².